The SMILES string of the molecule is C#CCCCC=O. The average molecular weight is 96.1 g/mol. The molecule has 0 heterocycles. The van der Waals surface area contributed by atoms with Crippen molar-refractivity contribution in [2.75, 3.05) is 0 Å². The Balaban J connectivity index is 2.72. The Morgan fingerprint density at radius 3 is 2.86 bits per heavy atom. The van der Waals surface area contributed by atoms with Gasteiger partial charge in [-0.15, -0.1) is 12.3 Å². The van der Waals surface area contributed by atoms with Crippen molar-refractivity contribution in [3.8, 4) is 12.3 Å². The fourth-order valence-corrected chi connectivity index (χ4v) is 0.287. The largest absolute Gasteiger partial charge is 0.303 e. The summed E-state index contributed by atoms with van der Waals surface area (Å²) in [6, 6.07) is 0. The summed E-state index contributed by atoms with van der Waals surface area (Å²) in [5.41, 5.74) is 0. The zero-order valence-electron chi connectivity index (χ0n) is 4.18. The standard InChI is InChI=1S/C6H8O/c1-2-3-4-5-6-7/h1,6H,3-5H2. The molecule has 0 radical (unpaired) electrons. The molecule has 1 heteroatoms. The maximum Gasteiger partial charge on any atom is 0.120 e. The van der Waals surface area contributed by atoms with E-state index < -0.39 is 0 Å². The molecular weight excluding hydrogens is 88.1 g/mol. The first-order valence-corrected chi connectivity index (χ1v) is 2.29. The first-order valence-electron chi connectivity index (χ1n) is 2.29. The van der Waals surface area contributed by atoms with Crippen molar-refractivity contribution in [1.82, 2.24) is 0 Å². The monoisotopic (exact) mass is 96.1 g/mol. The molecule has 0 aliphatic heterocycles. The molecule has 0 aliphatic rings. The maximum atomic E-state index is 9.61. The van der Waals surface area contributed by atoms with Gasteiger partial charge in [0.1, 0.15) is 6.29 Å². The van der Waals surface area contributed by atoms with E-state index >= 15 is 0 Å². The van der Waals surface area contributed by atoms with E-state index in [1.807, 2.05) is 0 Å². The minimum absolute atomic E-state index is 0.601. The van der Waals surface area contributed by atoms with Crippen LogP contribution in [-0.4, -0.2) is 6.29 Å². The molecule has 7 heavy (non-hydrogen) atoms. The molecule has 0 amide bonds. The van der Waals surface area contributed by atoms with E-state index in [0.29, 0.717) is 6.42 Å². The van der Waals surface area contributed by atoms with Gasteiger partial charge >= 0.3 is 0 Å². The summed E-state index contributed by atoms with van der Waals surface area (Å²) in [5.74, 6) is 2.44. The van der Waals surface area contributed by atoms with Gasteiger partial charge in [0.15, 0.2) is 0 Å². The molecule has 0 aromatic carbocycles. The van der Waals surface area contributed by atoms with Gasteiger partial charge in [0.25, 0.3) is 0 Å². The van der Waals surface area contributed by atoms with Crippen LogP contribution in [0.4, 0.5) is 0 Å². The van der Waals surface area contributed by atoms with Gasteiger partial charge in [-0.25, -0.2) is 0 Å². The molecule has 0 aliphatic carbocycles. The summed E-state index contributed by atoms with van der Waals surface area (Å²) in [5, 5.41) is 0. The second-order valence-electron chi connectivity index (χ2n) is 1.26. The van der Waals surface area contributed by atoms with Crippen molar-refractivity contribution in [3.05, 3.63) is 0 Å². The van der Waals surface area contributed by atoms with Crippen LogP contribution in [0.2, 0.25) is 0 Å². The zero-order chi connectivity index (χ0) is 5.54. The minimum Gasteiger partial charge on any atom is -0.303 e. The van der Waals surface area contributed by atoms with Gasteiger partial charge < -0.3 is 4.79 Å². The van der Waals surface area contributed by atoms with Crippen molar-refractivity contribution in [1.29, 1.82) is 0 Å². The maximum absolute atomic E-state index is 9.61. The third-order valence-corrected chi connectivity index (χ3v) is 0.643. The first-order chi connectivity index (χ1) is 3.41. The summed E-state index contributed by atoms with van der Waals surface area (Å²) in [4.78, 5) is 9.61. The van der Waals surface area contributed by atoms with Crippen LogP contribution in [0.5, 0.6) is 0 Å². The lowest BCUT2D eigenvalue weighted by Gasteiger charge is -1.79. The van der Waals surface area contributed by atoms with Crippen LogP contribution in [0, 0.1) is 12.3 Å². The molecule has 0 atom stereocenters. The molecule has 0 N–H and O–H groups in total. The molecule has 0 saturated carbocycles. The fraction of sp³-hybridized carbons (Fsp3) is 0.500. The summed E-state index contributed by atoms with van der Waals surface area (Å²) < 4.78 is 0. The quantitative estimate of drug-likeness (QED) is 0.291. The van der Waals surface area contributed by atoms with Crippen LogP contribution in [0.15, 0.2) is 0 Å². The predicted molar refractivity (Wildman–Crippen MR) is 28.7 cm³/mol. The van der Waals surface area contributed by atoms with Crippen molar-refractivity contribution in [3.63, 3.8) is 0 Å². The highest BCUT2D eigenvalue weighted by Gasteiger charge is 1.77. The first kappa shape index (κ1) is 6.23. The van der Waals surface area contributed by atoms with E-state index in [9.17, 15) is 4.79 Å². The molecule has 1 nitrogen and oxygen atoms in total. The highest BCUT2D eigenvalue weighted by molar-refractivity contribution is 5.49. The van der Waals surface area contributed by atoms with Crippen molar-refractivity contribution in [2.45, 2.75) is 19.3 Å². The molecule has 0 saturated heterocycles. The Labute approximate surface area is 43.7 Å². The topological polar surface area (TPSA) is 17.1 Å². The van der Waals surface area contributed by atoms with Gasteiger partial charge in [0.05, 0.1) is 0 Å². The second-order valence-corrected chi connectivity index (χ2v) is 1.26. The number of carbonyl (C=O) groups excluding carboxylic acids is 1. The lowest BCUT2D eigenvalue weighted by Crippen LogP contribution is -1.72. The van der Waals surface area contributed by atoms with Crippen LogP contribution in [-0.2, 0) is 4.79 Å². The lowest BCUT2D eigenvalue weighted by molar-refractivity contribution is -0.107. The normalized spacial score (nSPS) is 7.29. The Hall–Kier alpha value is -0.770. The van der Waals surface area contributed by atoms with Gasteiger partial charge in [-0.1, -0.05) is 0 Å². The van der Waals surface area contributed by atoms with Crippen molar-refractivity contribution >= 4 is 6.29 Å². The summed E-state index contributed by atoms with van der Waals surface area (Å²) in [6.07, 6.45) is 7.95. The van der Waals surface area contributed by atoms with E-state index in [4.69, 9.17) is 6.42 Å². The summed E-state index contributed by atoms with van der Waals surface area (Å²) in [7, 11) is 0. The summed E-state index contributed by atoms with van der Waals surface area (Å²) >= 11 is 0. The number of carbonyl (C=O) groups is 1. The third-order valence-electron chi connectivity index (χ3n) is 0.643. The van der Waals surface area contributed by atoms with Crippen LogP contribution < -0.4 is 0 Å². The van der Waals surface area contributed by atoms with Crippen molar-refractivity contribution in [2.24, 2.45) is 0 Å². The molecule has 0 aromatic rings. The lowest BCUT2D eigenvalue weighted by atomic mass is 10.3. The molecule has 38 valence electrons. The fourth-order valence-electron chi connectivity index (χ4n) is 0.287. The highest BCUT2D eigenvalue weighted by Crippen LogP contribution is 1.87. The number of terminal acetylenes is 1. The van der Waals surface area contributed by atoms with Crippen LogP contribution >= 0.6 is 0 Å². The van der Waals surface area contributed by atoms with E-state index in [1.165, 1.54) is 0 Å². The predicted octanol–water partition coefficient (Wildman–Crippen LogP) is 0.989. The van der Waals surface area contributed by atoms with Gasteiger partial charge in [0, 0.05) is 12.8 Å². The molecule has 0 bridgehead atoms. The van der Waals surface area contributed by atoms with E-state index in [0.717, 1.165) is 19.1 Å². The van der Waals surface area contributed by atoms with E-state index in [-0.39, 0.29) is 0 Å². The molecule has 0 fully saturated rings. The van der Waals surface area contributed by atoms with E-state index in [1.54, 1.807) is 0 Å². The number of aldehydes is 1. The second kappa shape index (κ2) is 5.23. The van der Waals surface area contributed by atoms with Crippen LogP contribution in [0.25, 0.3) is 0 Å². The number of hydrogen-bond donors (Lipinski definition) is 0. The smallest absolute Gasteiger partial charge is 0.120 e. The van der Waals surface area contributed by atoms with Gasteiger partial charge in [-0.05, 0) is 6.42 Å². The van der Waals surface area contributed by atoms with Crippen molar-refractivity contribution < 1.29 is 4.79 Å². The average Bonchev–Trinajstić information content (AvgIpc) is 1.69. The van der Waals surface area contributed by atoms with E-state index in [2.05, 4.69) is 5.92 Å². The highest BCUT2D eigenvalue weighted by atomic mass is 16.1. The number of unbranched alkanes of at least 4 members (excludes halogenated alkanes) is 2. The number of rotatable bonds is 3. The molecule has 0 aromatic heterocycles. The Kier molecular flexibility index (Phi) is 4.65. The Morgan fingerprint density at radius 2 is 2.43 bits per heavy atom. The Morgan fingerprint density at radius 1 is 1.71 bits per heavy atom. The molecule has 0 unspecified atom stereocenters. The van der Waals surface area contributed by atoms with Crippen LogP contribution in [0.1, 0.15) is 19.3 Å². The zero-order valence-corrected chi connectivity index (χ0v) is 4.18. The third kappa shape index (κ3) is 5.23. The molecule has 0 rings (SSSR count). The summed E-state index contributed by atoms with van der Waals surface area (Å²) in [6.45, 7) is 0. The van der Waals surface area contributed by atoms with Crippen LogP contribution in [0.3, 0.4) is 0 Å². The minimum atomic E-state index is 0.601. The molecular formula is C6H8O. The Bertz CT molecular complexity index is 78.7. The van der Waals surface area contributed by atoms with Gasteiger partial charge in [-0.2, -0.15) is 0 Å². The van der Waals surface area contributed by atoms with Gasteiger partial charge in [-0.3, -0.25) is 0 Å². The number of hydrogen-bond acceptors (Lipinski definition) is 1. The molecule has 0 spiro atoms. The van der Waals surface area contributed by atoms with Gasteiger partial charge in [0.2, 0.25) is 0 Å².